The maximum absolute atomic E-state index is 13.3. The van der Waals surface area contributed by atoms with Gasteiger partial charge in [-0.05, 0) is 48.2 Å². The summed E-state index contributed by atoms with van der Waals surface area (Å²) in [6, 6.07) is 11.3. The Kier molecular flexibility index (Phi) is 6.30. The van der Waals surface area contributed by atoms with Crippen LogP contribution in [0, 0.1) is 11.8 Å². The third-order valence-corrected chi connectivity index (χ3v) is 6.57. The Morgan fingerprint density at radius 3 is 2.59 bits per heavy atom. The molecule has 1 saturated heterocycles. The first-order valence-electron chi connectivity index (χ1n) is 10.9. The number of amides is 1. The Labute approximate surface area is 191 Å². The highest BCUT2D eigenvalue weighted by atomic mass is 35.5. The first-order chi connectivity index (χ1) is 15.1. The standard InChI is InChI=1S/C24H27ClF3N3O/c1-15(2)13-29-23(32)18-12-16-11-17(24(26,27)28)7-8-20(16)31-10-9-30(14-22(18)31)21-6-4-3-5-19(21)25/h3-8,11,15,18,22H,9-10,12-14H2,1-2H3,(H,29,32). The number of carbonyl (C=O) groups is 1. The van der Waals surface area contributed by atoms with Crippen LogP contribution in [0.4, 0.5) is 24.5 Å². The fraction of sp³-hybridized carbons (Fsp3) is 0.458. The number of benzene rings is 2. The molecule has 1 fully saturated rings. The maximum Gasteiger partial charge on any atom is 0.416 e. The van der Waals surface area contributed by atoms with E-state index in [1.54, 1.807) is 6.07 Å². The van der Waals surface area contributed by atoms with Gasteiger partial charge in [0, 0.05) is 31.9 Å². The third-order valence-electron chi connectivity index (χ3n) is 6.25. The van der Waals surface area contributed by atoms with Gasteiger partial charge in [-0.2, -0.15) is 13.2 Å². The molecule has 0 spiro atoms. The number of rotatable bonds is 4. The molecule has 0 radical (unpaired) electrons. The summed E-state index contributed by atoms with van der Waals surface area (Å²) < 4.78 is 40.0. The van der Waals surface area contributed by atoms with Crippen LogP contribution in [0.25, 0.3) is 0 Å². The number of piperazine rings is 1. The molecule has 4 rings (SSSR count). The van der Waals surface area contributed by atoms with Gasteiger partial charge >= 0.3 is 6.18 Å². The predicted octanol–water partition coefficient (Wildman–Crippen LogP) is 5.00. The van der Waals surface area contributed by atoms with Crippen LogP contribution in [0.3, 0.4) is 0 Å². The summed E-state index contributed by atoms with van der Waals surface area (Å²) in [5.41, 5.74) is 1.60. The summed E-state index contributed by atoms with van der Waals surface area (Å²) in [6.07, 6.45) is -4.13. The van der Waals surface area contributed by atoms with E-state index in [4.69, 9.17) is 11.6 Å². The molecule has 2 aromatic carbocycles. The number of nitrogens with zero attached hydrogens (tertiary/aromatic N) is 2. The molecule has 2 atom stereocenters. The molecule has 2 heterocycles. The van der Waals surface area contributed by atoms with Crippen molar-refractivity contribution in [3.8, 4) is 0 Å². The van der Waals surface area contributed by atoms with Crippen LogP contribution in [-0.4, -0.2) is 38.1 Å². The van der Waals surface area contributed by atoms with Crippen LogP contribution in [0.2, 0.25) is 5.02 Å². The molecule has 0 aliphatic carbocycles. The first-order valence-corrected chi connectivity index (χ1v) is 11.3. The van der Waals surface area contributed by atoms with Gasteiger partial charge in [0.15, 0.2) is 0 Å². The van der Waals surface area contributed by atoms with Gasteiger partial charge in [-0.1, -0.05) is 37.6 Å². The number of para-hydroxylation sites is 1. The Morgan fingerprint density at radius 2 is 1.91 bits per heavy atom. The smallest absolute Gasteiger partial charge is 0.366 e. The molecular weight excluding hydrogens is 439 g/mol. The van der Waals surface area contributed by atoms with Gasteiger partial charge in [-0.15, -0.1) is 0 Å². The van der Waals surface area contributed by atoms with Gasteiger partial charge < -0.3 is 15.1 Å². The van der Waals surface area contributed by atoms with Gasteiger partial charge in [0.1, 0.15) is 0 Å². The number of hydrogen-bond acceptors (Lipinski definition) is 3. The van der Waals surface area contributed by atoms with Gasteiger partial charge in [0.05, 0.1) is 28.2 Å². The zero-order chi connectivity index (χ0) is 23.0. The number of carbonyl (C=O) groups excluding carboxylic acids is 1. The minimum absolute atomic E-state index is 0.113. The second kappa shape index (κ2) is 8.85. The van der Waals surface area contributed by atoms with Crippen molar-refractivity contribution in [3.05, 3.63) is 58.6 Å². The maximum atomic E-state index is 13.3. The van der Waals surface area contributed by atoms with E-state index in [9.17, 15) is 18.0 Å². The number of alkyl halides is 3. The van der Waals surface area contributed by atoms with Crippen molar-refractivity contribution in [2.75, 3.05) is 36.0 Å². The molecule has 8 heteroatoms. The molecule has 2 unspecified atom stereocenters. The Bertz CT molecular complexity index is 995. The summed E-state index contributed by atoms with van der Waals surface area (Å²) in [5.74, 6) is -0.276. The van der Waals surface area contributed by atoms with Crippen molar-refractivity contribution in [2.45, 2.75) is 32.5 Å². The Morgan fingerprint density at radius 1 is 1.16 bits per heavy atom. The number of fused-ring (bicyclic) bond motifs is 3. The lowest BCUT2D eigenvalue weighted by atomic mass is 9.82. The molecule has 0 aromatic heterocycles. The summed E-state index contributed by atoms with van der Waals surface area (Å²) in [5, 5.41) is 3.64. The topological polar surface area (TPSA) is 35.6 Å². The van der Waals surface area contributed by atoms with Crippen LogP contribution < -0.4 is 15.1 Å². The first kappa shape index (κ1) is 22.8. The van der Waals surface area contributed by atoms with Crippen LogP contribution in [0.15, 0.2) is 42.5 Å². The molecule has 2 aromatic rings. The van der Waals surface area contributed by atoms with Crippen molar-refractivity contribution < 1.29 is 18.0 Å². The highest BCUT2D eigenvalue weighted by Crippen LogP contribution is 2.40. The largest absolute Gasteiger partial charge is 0.416 e. The van der Waals surface area contributed by atoms with E-state index < -0.39 is 17.7 Å². The summed E-state index contributed by atoms with van der Waals surface area (Å²) in [7, 11) is 0. The monoisotopic (exact) mass is 465 g/mol. The van der Waals surface area contributed by atoms with Crippen LogP contribution in [0.1, 0.15) is 25.0 Å². The molecule has 32 heavy (non-hydrogen) atoms. The Hall–Kier alpha value is -2.41. The summed E-state index contributed by atoms with van der Waals surface area (Å²) in [6.45, 7) is 6.40. The molecule has 2 aliphatic rings. The minimum Gasteiger partial charge on any atom is -0.366 e. The van der Waals surface area contributed by atoms with E-state index in [0.29, 0.717) is 36.8 Å². The fourth-order valence-electron chi connectivity index (χ4n) is 4.66. The zero-order valence-corrected chi connectivity index (χ0v) is 18.9. The Balaban J connectivity index is 1.68. The van der Waals surface area contributed by atoms with Crippen molar-refractivity contribution in [1.29, 1.82) is 0 Å². The van der Waals surface area contributed by atoms with E-state index >= 15 is 0 Å². The van der Waals surface area contributed by atoms with Gasteiger partial charge in [0.2, 0.25) is 5.91 Å². The molecular formula is C24H27ClF3N3O. The second-order valence-electron chi connectivity index (χ2n) is 8.95. The molecule has 4 nitrogen and oxygen atoms in total. The lowest BCUT2D eigenvalue weighted by Crippen LogP contribution is -2.61. The quantitative estimate of drug-likeness (QED) is 0.690. The number of anilines is 2. The van der Waals surface area contributed by atoms with Gasteiger partial charge in [-0.3, -0.25) is 4.79 Å². The fourth-order valence-corrected chi connectivity index (χ4v) is 4.92. The van der Waals surface area contributed by atoms with Gasteiger partial charge in [-0.25, -0.2) is 0 Å². The highest BCUT2D eigenvalue weighted by Gasteiger charge is 2.43. The highest BCUT2D eigenvalue weighted by molar-refractivity contribution is 6.33. The van der Waals surface area contributed by atoms with Crippen molar-refractivity contribution >= 4 is 28.9 Å². The zero-order valence-electron chi connectivity index (χ0n) is 18.1. The van der Waals surface area contributed by atoms with E-state index in [1.807, 2.05) is 38.1 Å². The van der Waals surface area contributed by atoms with E-state index in [2.05, 4.69) is 15.1 Å². The van der Waals surface area contributed by atoms with E-state index in [1.165, 1.54) is 6.07 Å². The van der Waals surface area contributed by atoms with Crippen LogP contribution >= 0.6 is 11.6 Å². The lowest BCUT2D eigenvalue weighted by Gasteiger charge is -2.50. The van der Waals surface area contributed by atoms with Crippen molar-refractivity contribution in [2.24, 2.45) is 11.8 Å². The van der Waals surface area contributed by atoms with Crippen LogP contribution in [-0.2, 0) is 17.4 Å². The number of nitrogens with one attached hydrogen (secondary N) is 1. The number of halogens is 4. The van der Waals surface area contributed by atoms with Crippen molar-refractivity contribution in [3.63, 3.8) is 0 Å². The average Bonchev–Trinajstić information content (AvgIpc) is 2.75. The number of hydrogen-bond donors (Lipinski definition) is 1. The minimum atomic E-state index is -4.41. The van der Waals surface area contributed by atoms with Crippen LogP contribution in [0.5, 0.6) is 0 Å². The molecule has 172 valence electrons. The molecule has 1 amide bonds. The molecule has 0 saturated carbocycles. The van der Waals surface area contributed by atoms with E-state index in [-0.39, 0.29) is 24.3 Å². The normalized spacial score (nSPS) is 20.7. The molecule has 2 aliphatic heterocycles. The molecule has 0 bridgehead atoms. The summed E-state index contributed by atoms with van der Waals surface area (Å²) in [4.78, 5) is 17.4. The molecule has 1 N–H and O–H groups in total. The predicted molar refractivity (Wildman–Crippen MR) is 121 cm³/mol. The lowest BCUT2D eigenvalue weighted by molar-refractivity contribution is -0.137. The van der Waals surface area contributed by atoms with Crippen molar-refractivity contribution in [1.82, 2.24) is 5.32 Å². The average molecular weight is 466 g/mol. The van der Waals surface area contributed by atoms with E-state index in [0.717, 1.165) is 17.4 Å². The summed E-state index contributed by atoms with van der Waals surface area (Å²) >= 11 is 6.42. The third kappa shape index (κ3) is 4.53. The van der Waals surface area contributed by atoms with Gasteiger partial charge in [0.25, 0.3) is 0 Å². The SMILES string of the molecule is CC(C)CNC(=O)C1Cc2cc(C(F)(F)F)ccc2N2CCN(c3ccccc3Cl)CC12. The second-order valence-corrected chi connectivity index (χ2v) is 9.36.